The van der Waals surface area contributed by atoms with Crippen LogP contribution in [0.1, 0.15) is 33.6 Å². The zero-order chi connectivity index (χ0) is 24.7. The van der Waals surface area contributed by atoms with Gasteiger partial charge in [-0.2, -0.15) is 10.3 Å². The lowest BCUT2D eigenvalue weighted by Gasteiger charge is -2.38. The Bertz CT molecular complexity index is 1360. The van der Waals surface area contributed by atoms with E-state index in [2.05, 4.69) is 51.8 Å². The largest absolute Gasteiger partial charge is 0.325 e. The first kappa shape index (κ1) is 22.9. The molecule has 1 fully saturated rings. The van der Waals surface area contributed by atoms with E-state index in [4.69, 9.17) is 0 Å². The predicted octanol–water partition coefficient (Wildman–Crippen LogP) is 4.85. The van der Waals surface area contributed by atoms with Gasteiger partial charge in [-0.1, -0.05) is 26.8 Å². The molecule has 0 radical (unpaired) electrons. The van der Waals surface area contributed by atoms with Gasteiger partial charge < -0.3 is 10.2 Å². The number of amides is 2. The molecular formula is C25H29FN8O. The monoisotopic (exact) mass is 476 g/mol. The van der Waals surface area contributed by atoms with Crippen LogP contribution in [0.2, 0.25) is 0 Å². The summed E-state index contributed by atoms with van der Waals surface area (Å²) < 4.78 is 17.4. The normalized spacial score (nSPS) is 15.1. The molecule has 0 atom stereocenters. The Labute approximate surface area is 202 Å². The average Bonchev–Trinajstić information content (AvgIpc) is 3.48. The molecule has 0 aliphatic carbocycles. The zero-order valence-corrected chi connectivity index (χ0v) is 20.3. The van der Waals surface area contributed by atoms with E-state index in [0.717, 1.165) is 23.7 Å². The van der Waals surface area contributed by atoms with Crippen molar-refractivity contribution in [1.82, 2.24) is 35.3 Å². The number of hydrogen-bond donors (Lipinski definition) is 2. The van der Waals surface area contributed by atoms with E-state index < -0.39 is 5.82 Å². The number of carbonyl (C=O) groups excluding carboxylic acids is 1. The lowest BCUT2D eigenvalue weighted by molar-refractivity contribution is 0.128. The van der Waals surface area contributed by atoms with Crippen molar-refractivity contribution >= 4 is 22.6 Å². The summed E-state index contributed by atoms with van der Waals surface area (Å²) in [7, 11) is 1.86. The Morgan fingerprint density at radius 1 is 1.17 bits per heavy atom. The fraction of sp³-hybridized carbons (Fsp3) is 0.400. The number of aromatic nitrogens is 6. The van der Waals surface area contributed by atoms with Crippen molar-refractivity contribution in [2.24, 2.45) is 18.4 Å². The standard InChI is InChI=1S/C25H29FN8O/c1-25(2,3)17-7-9-34(10-8-17)24(35)28-18-12-19(23-29-31-32-30-23)22(20(26)13-18)15-5-6-21-16(11-15)14-27-33(21)4/h5-6,11-14,17H,7-10H2,1-4H3,(H,28,35)(H,29,30,31,32). The first-order chi connectivity index (χ1) is 16.7. The van der Waals surface area contributed by atoms with Crippen molar-refractivity contribution in [1.29, 1.82) is 0 Å². The van der Waals surface area contributed by atoms with E-state index in [1.165, 1.54) is 6.07 Å². The zero-order valence-electron chi connectivity index (χ0n) is 20.3. The van der Waals surface area contributed by atoms with Crippen molar-refractivity contribution in [2.45, 2.75) is 33.6 Å². The smallest absolute Gasteiger partial charge is 0.321 e. The van der Waals surface area contributed by atoms with Crippen LogP contribution in [-0.2, 0) is 7.05 Å². The van der Waals surface area contributed by atoms with E-state index in [-0.39, 0.29) is 17.3 Å². The van der Waals surface area contributed by atoms with Gasteiger partial charge in [-0.3, -0.25) is 4.68 Å². The minimum atomic E-state index is -0.489. The summed E-state index contributed by atoms with van der Waals surface area (Å²) in [5, 5.41) is 22.2. The van der Waals surface area contributed by atoms with Crippen LogP contribution < -0.4 is 5.32 Å². The van der Waals surface area contributed by atoms with Gasteiger partial charge in [0.25, 0.3) is 0 Å². The Balaban J connectivity index is 1.45. The summed E-state index contributed by atoms with van der Waals surface area (Å²) in [6.45, 7) is 8.07. The van der Waals surface area contributed by atoms with E-state index in [9.17, 15) is 4.79 Å². The third-order valence-corrected chi connectivity index (χ3v) is 6.97. The topological polar surface area (TPSA) is 105 Å². The highest BCUT2D eigenvalue weighted by Gasteiger charge is 2.30. The number of anilines is 1. The molecule has 10 heteroatoms. The highest BCUT2D eigenvalue weighted by atomic mass is 19.1. The number of piperidine rings is 1. The summed E-state index contributed by atoms with van der Waals surface area (Å²) in [6.07, 6.45) is 3.65. The van der Waals surface area contributed by atoms with Crippen LogP contribution in [0.25, 0.3) is 33.4 Å². The van der Waals surface area contributed by atoms with Gasteiger partial charge in [-0.15, -0.1) is 10.2 Å². The number of H-pyrrole nitrogens is 1. The van der Waals surface area contributed by atoms with Crippen molar-refractivity contribution in [3.8, 4) is 22.5 Å². The van der Waals surface area contributed by atoms with Crippen molar-refractivity contribution in [3.05, 3.63) is 42.3 Å². The summed E-state index contributed by atoms with van der Waals surface area (Å²) >= 11 is 0. The number of halogens is 1. The van der Waals surface area contributed by atoms with E-state index in [0.29, 0.717) is 41.4 Å². The molecular weight excluding hydrogens is 447 g/mol. The maximum atomic E-state index is 15.6. The molecule has 0 spiro atoms. The number of fused-ring (bicyclic) bond motifs is 1. The molecule has 2 aromatic heterocycles. The van der Waals surface area contributed by atoms with Crippen LogP contribution in [0.4, 0.5) is 14.9 Å². The first-order valence-corrected chi connectivity index (χ1v) is 11.8. The van der Waals surface area contributed by atoms with Crippen LogP contribution in [0, 0.1) is 17.2 Å². The van der Waals surface area contributed by atoms with Crippen LogP contribution in [0.3, 0.4) is 0 Å². The summed E-state index contributed by atoms with van der Waals surface area (Å²) in [4.78, 5) is 14.8. The van der Waals surface area contributed by atoms with Crippen molar-refractivity contribution in [3.63, 3.8) is 0 Å². The molecule has 1 aliphatic heterocycles. The Morgan fingerprint density at radius 2 is 1.94 bits per heavy atom. The molecule has 0 unspecified atom stereocenters. The van der Waals surface area contributed by atoms with E-state index in [1.807, 2.05) is 25.2 Å². The molecule has 2 aromatic carbocycles. The lowest BCUT2D eigenvalue weighted by atomic mass is 9.75. The van der Waals surface area contributed by atoms with Crippen LogP contribution in [0.5, 0.6) is 0 Å². The third-order valence-electron chi connectivity index (χ3n) is 6.97. The Hall–Kier alpha value is -3.82. The Kier molecular flexibility index (Phi) is 5.74. The number of benzene rings is 2. The predicted molar refractivity (Wildman–Crippen MR) is 132 cm³/mol. The fourth-order valence-electron chi connectivity index (χ4n) is 4.89. The molecule has 2 N–H and O–H groups in total. The van der Waals surface area contributed by atoms with Gasteiger partial charge in [-0.05, 0) is 59.2 Å². The number of carbonyl (C=O) groups is 1. The quantitative estimate of drug-likeness (QED) is 0.440. The van der Waals surface area contributed by atoms with Gasteiger partial charge in [-0.25, -0.2) is 9.18 Å². The molecule has 9 nitrogen and oxygen atoms in total. The van der Waals surface area contributed by atoms with Crippen LogP contribution >= 0.6 is 0 Å². The minimum absolute atomic E-state index is 0.222. The number of hydrogen-bond acceptors (Lipinski definition) is 5. The summed E-state index contributed by atoms with van der Waals surface area (Å²) in [6, 6.07) is 8.41. The van der Waals surface area contributed by atoms with Crippen LogP contribution in [-0.4, -0.2) is 54.4 Å². The molecule has 3 heterocycles. The number of nitrogens with zero attached hydrogens (tertiary/aromatic N) is 6. The average molecular weight is 477 g/mol. The molecule has 35 heavy (non-hydrogen) atoms. The third kappa shape index (κ3) is 4.48. The van der Waals surface area contributed by atoms with Gasteiger partial charge in [0.1, 0.15) is 5.82 Å². The SMILES string of the molecule is Cn1ncc2cc(-c3c(F)cc(NC(=O)N4CCC(C(C)(C)C)CC4)cc3-c3nn[nH]n3)ccc21. The first-order valence-electron chi connectivity index (χ1n) is 11.8. The molecule has 182 valence electrons. The van der Waals surface area contributed by atoms with Crippen molar-refractivity contribution < 1.29 is 9.18 Å². The van der Waals surface area contributed by atoms with Gasteiger partial charge in [0.05, 0.1) is 11.7 Å². The maximum Gasteiger partial charge on any atom is 0.321 e. The number of aryl methyl sites for hydroxylation is 1. The second-order valence-corrected chi connectivity index (χ2v) is 10.2. The van der Waals surface area contributed by atoms with Gasteiger partial charge in [0.2, 0.25) is 5.82 Å². The number of aromatic amines is 1. The summed E-state index contributed by atoms with van der Waals surface area (Å²) in [5.41, 5.74) is 2.93. The second-order valence-electron chi connectivity index (χ2n) is 10.2. The van der Waals surface area contributed by atoms with E-state index in [1.54, 1.807) is 21.8 Å². The molecule has 0 bridgehead atoms. The number of likely N-dealkylation sites (tertiary alicyclic amines) is 1. The minimum Gasteiger partial charge on any atom is -0.325 e. The Morgan fingerprint density at radius 3 is 2.63 bits per heavy atom. The maximum absolute atomic E-state index is 15.6. The molecule has 4 aromatic rings. The lowest BCUT2D eigenvalue weighted by Crippen LogP contribution is -2.43. The van der Waals surface area contributed by atoms with Gasteiger partial charge >= 0.3 is 6.03 Å². The molecule has 0 saturated carbocycles. The van der Waals surface area contributed by atoms with Crippen LogP contribution in [0.15, 0.2) is 36.5 Å². The second kappa shape index (κ2) is 8.75. The van der Waals surface area contributed by atoms with Crippen molar-refractivity contribution in [2.75, 3.05) is 18.4 Å². The molecule has 1 saturated heterocycles. The molecule has 2 amide bonds. The molecule has 1 aliphatic rings. The highest BCUT2D eigenvalue weighted by Crippen LogP contribution is 2.37. The van der Waals surface area contributed by atoms with Gasteiger partial charge in [0.15, 0.2) is 0 Å². The number of tetrazole rings is 1. The number of rotatable bonds is 3. The van der Waals surface area contributed by atoms with Gasteiger partial charge in [0, 0.05) is 42.3 Å². The summed E-state index contributed by atoms with van der Waals surface area (Å²) in [5.74, 6) is 0.329. The van der Waals surface area contributed by atoms with E-state index >= 15 is 4.39 Å². The highest BCUT2D eigenvalue weighted by molar-refractivity contribution is 5.94. The number of urea groups is 1. The molecule has 5 rings (SSSR count). The number of nitrogens with one attached hydrogen (secondary N) is 2. The fourth-order valence-corrected chi connectivity index (χ4v) is 4.89.